The lowest BCUT2D eigenvalue weighted by Crippen LogP contribution is -2.56. The summed E-state index contributed by atoms with van der Waals surface area (Å²) in [5.74, 6) is -3.19. The Morgan fingerprint density at radius 1 is 1.15 bits per heavy atom. The van der Waals surface area contributed by atoms with E-state index in [4.69, 9.17) is 0 Å². The highest BCUT2D eigenvalue weighted by Gasteiger charge is 2.38. The van der Waals surface area contributed by atoms with Crippen LogP contribution < -0.4 is 10.0 Å². The van der Waals surface area contributed by atoms with E-state index in [0.717, 1.165) is 23.5 Å². The number of rotatable bonds is 8. The van der Waals surface area contributed by atoms with Gasteiger partial charge in [-0.1, -0.05) is 12.1 Å². The Kier molecular flexibility index (Phi) is 6.34. The minimum atomic E-state index is -4.54. The smallest absolute Gasteiger partial charge is 0.268 e. The molecule has 1 aromatic heterocycles. The molecule has 1 aliphatic rings. The van der Waals surface area contributed by atoms with Crippen LogP contribution in [0.25, 0.3) is 0 Å². The first-order chi connectivity index (χ1) is 15.5. The summed E-state index contributed by atoms with van der Waals surface area (Å²) >= 11 is 1.11. The largest absolute Gasteiger partial charge is 0.381 e. The van der Waals surface area contributed by atoms with Gasteiger partial charge in [0.15, 0.2) is 10.7 Å². The van der Waals surface area contributed by atoms with Crippen molar-refractivity contribution in [2.24, 2.45) is 0 Å². The molecule has 1 saturated heterocycles. The van der Waals surface area contributed by atoms with Crippen molar-refractivity contribution in [2.75, 3.05) is 23.1 Å². The summed E-state index contributed by atoms with van der Waals surface area (Å²) in [7, 11) is -4.54. The molecule has 12 heteroatoms. The molecule has 0 unspecified atom stereocenters. The molecule has 0 radical (unpaired) electrons. The van der Waals surface area contributed by atoms with Crippen molar-refractivity contribution in [1.82, 2.24) is 9.88 Å². The maximum Gasteiger partial charge on any atom is 0.268 e. The first-order valence-electron chi connectivity index (χ1n) is 9.85. The molecule has 2 aromatic carbocycles. The second-order valence-corrected chi connectivity index (χ2v) is 10.4. The summed E-state index contributed by atoms with van der Waals surface area (Å²) < 4.78 is 84.2. The topological polar surface area (TPSA) is 74.3 Å². The average molecular weight is 501 g/mol. The number of likely N-dealkylation sites (tertiary alicyclic amines) is 1. The summed E-state index contributed by atoms with van der Waals surface area (Å²) in [6.07, 6.45) is 0. The molecule has 0 aliphatic carbocycles. The fraction of sp³-hybridized carbons (Fsp3) is 0.286. The Labute approximate surface area is 192 Å². The number of sulfonamides is 1. The van der Waals surface area contributed by atoms with Crippen molar-refractivity contribution in [2.45, 2.75) is 30.6 Å². The van der Waals surface area contributed by atoms with E-state index in [1.54, 1.807) is 6.07 Å². The molecule has 1 fully saturated rings. The average Bonchev–Trinajstić information content (AvgIpc) is 3.17. The van der Waals surface area contributed by atoms with Gasteiger partial charge >= 0.3 is 0 Å². The van der Waals surface area contributed by atoms with Crippen molar-refractivity contribution < 1.29 is 26.0 Å². The van der Waals surface area contributed by atoms with E-state index in [1.165, 1.54) is 29.9 Å². The highest BCUT2D eigenvalue weighted by atomic mass is 32.2. The molecule has 0 spiro atoms. The van der Waals surface area contributed by atoms with Gasteiger partial charge in [0.25, 0.3) is 10.0 Å². The quantitative estimate of drug-likeness (QED) is 0.445. The molecular weight excluding hydrogens is 480 g/mol. The van der Waals surface area contributed by atoms with Crippen LogP contribution in [0, 0.1) is 17.5 Å². The number of halogens is 4. The van der Waals surface area contributed by atoms with Crippen LogP contribution in [0.1, 0.15) is 18.1 Å². The van der Waals surface area contributed by atoms with E-state index < -0.39 is 38.0 Å². The van der Waals surface area contributed by atoms with Crippen molar-refractivity contribution in [3.8, 4) is 0 Å². The summed E-state index contributed by atoms with van der Waals surface area (Å²) in [5, 5.41) is 4.11. The van der Waals surface area contributed by atoms with E-state index in [1.807, 2.05) is 9.62 Å². The molecule has 1 aliphatic heterocycles. The van der Waals surface area contributed by atoms with Crippen molar-refractivity contribution >= 4 is 32.9 Å². The molecule has 0 bridgehead atoms. The molecular formula is C21H20F4N4O2S2. The Hall–Kier alpha value is -2.70. The molecule has 0 atom stereocenters. The molecule has 3 aromatic rings. The van der Waals surface area contributed by atoms with Crippen molar-refractivity contribution in [3.05, 3.63) is 69.8 Å². The first kappa shape index (κ1) is 23.5. The number of hydrogen-bond acceptors (Lipinski definition) is 6. The number of hydrogen-bond donors (Lipinski definition) is 2. The van der Waals surface area contributed by atoms with Crippen LogP contribution in [0.4, 0.5) is 29.1 Å². The summed E-state index contributed by atoms with van der Waals surface area (Å²) in [6, 6.07) is 6.15. The zero-order chi connectivity index (χ0) is 23.8. The normalized spacial score (nSPS) is 15.8. The SMILES string of the molecule is CC1(F)CN(Cc2cccc(F)c2CNc2cc(F)c(S(=O)(=O)Nc3cscn3)c(F)c2)C1. The molecule has 4 rings (SSSR count). The summed E-state index contributed by atoms with van der Waals surface area (Å²) in [4.78, 5) is 4.42. The molecule has 0 saturated carbocycles. The lowest BCUT2D eigenvalue weighted by atomic mass is 9.97. The number of benzene rings is 2. The standard InChI is InChI=1S/C21H20F4N4O2S2/c1-21(25)10-29(11-21)8-13-3-2-4-16(22)15(13)7-26-14-5-17(23)20(18(24)6-14)33(30,31)28-19-9-32-12-27-19/h2-6,9,12,26,28H,7-8,10-11H2,1H3. The third-order valence-electron chi connectivity index (χ3n) is 5.12. The van der Waals surface area contributed by atoms with Crippen LogP contribution in [0.15, 0.2) is 46.1 Å². The number of nitrogens with one attached hydrogen (secondary N) is 2. The number of anilines is 2. The number of thiazole rings is 1. The predicted molar refractivity (Wildman–Crippen MR) is 118 cm³/mol. The van der Waals surface area contributed by atoms with Crippen LogP contribution in [0.2, 0.25) is 0 Å². The van der Waals surface area contributed by atoms with Gasteiger partial charge in [0.1, 0.15) is 23.1 Å². The van der Waals surface area contributed by atoms with Crippen molar-refractivity contribution in [3.63, 3.8) is 0 Å². The molecule has 6 nitrogen and oxygen atoms in total. The second kappa shape index (κ2) is 8.92. The Bertz CT molecular complexity index is 1240. The highest BCUT2D eigenvalue weighted by molar-refractivity contribution is 7.92. The minimum Gasteiger partial charge on any atom is -0.381 e. The number of nitrogens with zero attached hydrogens (tertiary/aromatic N) is 2. The van der Waals surface area contributed by atoms with E-state index in [2.05, 4.69) is 10.3 Å². The van der Waals surface area contributed by atoms with Gasteiger partial charge in [-0.05, 0) is 30.7 Å². The number of alkyl halides is 1. The van der Waals surface area contributed by atoms with E-state index in [0.29, 0.717) is 12.1 Å². The second-order valence-electron chi connectivity index (χ2n) is 8.04. The van der Waals surface area contributed by atoms with E-state index in [-0.39, 0.29) is 36.7 Å². The van der Waals surface area contributed by atoms with Gasteiger partial charge in [-0.2, -0.15) is 0 Å². The van der Waals surface area contributed by atoms with Gasteiger partial charge in [0, 0.05) is 42.8 Å². The number of aromatic nitrogens is 1. The van der Waals surface area contributed by atoms with Gasteiger partial charge in [0.05, 0.1) is 5.51 Å². The van der Waals surface area contributed by atoms with Gasteiger partial charge < -0.3 is 5.32 Å². The third kappa shape index (κ3) is 5.28. The fourth-order valence-corrected chi connectivity index (χ4v) is 5.43. The zero-order valence-electron chi connectivity index (χ0n) is 17.4. The first-order valence-corrected chi connectivity index (χ1v) is 12.3. The van der Waals surface area contributed by atoms with Crippen LogP contribution >= 0.6 is 11.3 Å². The summed E-state index contributed by atoms with van der Waals surface area (Å²) in [5.41, 5.74) is 0.926. The molecule has 0 amide bonds. The minimum absolute atomic E-state index is 0.0524. The zero-order valence-corrected chi connectivity index (χ0v) is 19.0. The van der Waals surface area contributed by atoms with Crippen LogP contribution in [0.3, 0.4) is 0 Å². The monoisotopic (exact) mass is 500 g/mol. The van der Waals surface area contributed by atoms with Gasteiger partial charge in [-0.15, -0.1) is 11.3 Å². The van der Waals surface area contributed by atoms with Gasteiger partial charge in [-0.3, -0.25) is 9.62 Å². The molecule has 2 N–H and O–H groups in total. The fourth-order valence-electron chi connectivity index (χ4n) is 3.75. The highest BCUT2D eigenvalue weighted by Crippen LogP contribution is 2.29. The van der Waals surface area contributed by atoms with Gasteiger partial charge in [-0.25, -0.2) is 31.0 Å². The van der Waals surface area contributed by atoms with Crippen molar-refractivity contribution in [1.29, 1.82) is 0 Å². The van der Waals surface area contributed by atoms with Crippen LogP contribution in [-0.4, -0.2) is 37.1 Å². The lowest BCUT2D eigenvalue weighted by molar-refractivity contribution is -0.0227. The maximum atomic E-state index is 14.6. The van der Waals surface area contributed by atoms with Crippen LogP contribution in [0.5, 0.6) is 0 Å². The molecule has 2 heterocycles. The third-order valence-corrected chi connectivity index (χ3v) is 7.12. The maximum absolute atomic E-state index is 14.6. The summed E-state index contributed by atoms with van der Waals surface area (Å²) in [6.45, 7) is 2.19. The van der Waals surface area contributed by atoms with E-state index in [9.17, 15) is 26.0 Å². The Morgan fingerprint density at radius 3 is 2.45 bits per heavy atom. The molecule has 33 heavy (non-hydrogen) atoms. The Morgan fingerprint density at radius 2 is 1.85 bits per heavy atom. The lowest BCUT2D eigenvalue weighted by Gasteiger charge is -2.42. The van der Waals surface area contributed by atoms with Gasteiger partial charge in [0.2, 0.25) is 0 Å². The van der Waals surface area contributed by atoms with E-state index >= 15 is 0 Å². The van der Waals surface area contributed by atoms with Crippen LogP contribution in [-0.2, 0) is 23.1 Å². The molecule has 176 valence electrons. The predicted octanol–water partition coefficient (Wildman–Crippen LogP) is 4.52. The Balaban J connectivity index is 1.51.